The minimum Gasteiger partial charge on any atom is -0.207 e. The first-order chi connectivity index (χ1) is 7.47. The van der Waals surface area contributed by atoms with Crippen molar-refractivity contribution in [3.8, 4) is 0 Å². The van der Waals surface area contributed by atoms with Gasteiger partial charge in [-0.15, -0.1) is 0 Å². The summed E-state index contributed by atoms with van der Waals surface area (Å²) < 4.78 is 26.6. The first-order valence-corrected chi connectivity index (χ1v) is 7.71. The SMILES string of the molecule is CC(C)C(CBr)NS(=O)(=O)c1ccccc1. The Kier molecular flexibility index (Phi) is 4.95. The smallest absolute Gasteiger partial charge is 0.207 e. The third-order valence-corrected chi connectivity index (χ3v) is 4.53. The van der Waals surface area contributed by atoms with Gasteiger partial charge in [-0.05, 0) is 18.1 Å². The molecular weight excluding hydrogens is 290 g/mol. The molecule has 0 spiro atoms. The Morgan fingerprint density at radius 2 is 1.81 bits per heavy atom. The second-order valence-corrected chi connectivity index (χ2v) is 6.30. The monoisotopic (exact) mass is 305 g/mol. The third-order valence-electron chi connectivity index (χ3n) is 2.33. The molecule has 0 aromatic heterocycles. The second-order valence-electron chi connectivity index (χ2n) is 3.94. The Bertz CT molecular complexity index is 417. The van der Waals surface area contributed by atoms with E-state index in [-0.39, 0.29) is 12.0 Å². The van der Waals surface area contributed by atoms with Crippen molar-refractivity contribution in [2.24, 2.45) is 5.92 Å². The number of hydrogen-bond acceptors (Lipinski definition) is 2. The molecule has 0 aliphatic rings. The van der Waals surface area contributed by atoms with Gasteiger partial charge in [0.25, 0.3) is 0 Å². The maximum absolute atomic E-state index is 12.0. The number of alkyl halides is 1. The largest absolute Gasteiger partial charge is 0.240 e. The fourth-order valence-electron chi connectivity index (χ4n) is 1.21. The third kappa shape index (κ3) is 3.57. The zero-order valence-corrected chi connectivity index (χ0v) is 11.8. The lowest BCUT2D eigenvalue weighted by atomic mass is 10.1. The van der Waals surface area contributed by atoms with Gasteiger partial charge in [0.2, 0.25) is 10.0 Å². The van der Waals surface area contributed by atoms with E-state index in [0.717, 1.165) is 0 Å². The second kappa shape index (κ2) is 5.80. The molecule has 0 aliphatic heterocycles. The predicted octanol–water partition coefficient (Wildman–Crippen LogP) is 2.38. The lowest BCUT2D eigenvalue weighted by molar-refractivity contribution is 0.484. The molecule has 0 radical (unpaired) electrons. The van der Waals surface area contributed by atoms with Crippen LogP contribution in [-0.4, -0.2) is 19.8 Å². The summed E-state index contributed by atoms with van der Waals surface area (Å²) in [4.78, 5) is 0.307. The van der Waals surface area contributed by atoms with Gasteiger partial charge in [0.1, 0.15) is 0 Å². The average molecular weight is 306 g/mol. The van der Waals surface area contributed by atoms with Crippen LogP contribution in [0.5, 0.6) is 0 Å². The average Bonchev–Trinajstić information content (AvgIpc) is 2.27. The van der Waals surface area contributed by atoms with Gasteiger partial charge < -0.3 is 0 Å². The molecule has 0 saturated carbocycles. The first kappa shape index (κ1) is 13.7. The molecule has 0 aliphatic carbocycles. The van der Waals surface area contributed by atoms with Crippen LogP contribution >= 0.6 is 15.9 Å². The summed E-state index contributed by atoms with van der Waals surface area (Å²) in [5.41, 5.74) is 0. The number of rotatable bonds is 5. The molecular formula is C11H16BrNO2S. The normalized spacial score (nSPS) is 14.0. The minimum atomic E-state index is -3.40. The van der Waals surface area contributed by atoms with Crippen LogP contribution in [0.2, 0.25) is 0 Å². The van der Waals surface area contributed by atoms with Gasteiger partial charge in [-0.3, -0.25) is 0 Å². The Morgan fingerprint density at radius 3 is 2.25 bits per heavy atom. The molecule has 0 amide bonds. The van der Waals surface area contributed by atoms with E-state index in [0.29, 0.717) is 10.2 Å². The van der Waals surface area contributed by atoms with Gasteiger partial charge in [-0.25, -0.2) is 13.1 Å². The summed E-state index contributed by atoms with van der Waals surface area (Å²) in [6, 6.07) is 8.32. The first-order valence-electron chi connectivity index (χ1n) is 5.10. The Morgan fingerprint density at radius 1 is 1.25 bits per heavy atom. The van der Waals surface area contributed by atoms with Crippen LogP contribution in [0.1, 0.15) is 13.8 Å². The highest BCUT2D eigenvalue weighted by Gasteiger charge is 2.21. The predicted molar refractivity (Wildman–Crippen MR) is 69.2 cm³/mol. The fraction of sp³-hybridized carbons (Fsp3) is 0.455. The Hall–Kier alpha value is -0.390. The molecule has 1 unspecified atom stereocenters. The number of sulfonamides is 1. The summed E-state index contributed by atoms with van der Waals surface area (Å²) in [7, 11) is -3.40. The molecule has 0 saturated heterocycles. The fourth-order valence-corrected chi connectivity index (χ4v) is 3.74. The van der Waals surface area contributed by atoms with Crippen molar-refractivity contribution >= 4 is 26.0 Å². The molecule has 5 heteroatoms. The molecule has 0 heterocycles. The van der Waals surface area contributed by atoms with E-state index in [1.807, 2.05) is 13.8 Å². The summed E-state index contributed by atoms with van der Waals surface area (Å²) in [5.74, 6) is 0.248. The van der Waals surface area contributed by atoms with Crippen molar-refractivity contribution in [3.05, 3.63) is 30.3 Å². The van der Waals surface area contributed by atoms with Crippen LogP contribution in [0.3, 0.4) is 0 Å². The van der Waals surface area contributed by atoms with Crippen molar-refractivity contribution in [2.45, 2.75) is 24.8 Å². The Labute approximate surface area is 105 Å². The van der Waals surface area contributed by atoms with Gasteiger partial charge in [-0.2, -0.15) is 0 Å². The highest BCUT2D eigenvalue weighted by molar-refractivity contribution is 9.09. The van der Waals surface area contributed by atoms with Gasteiger partial charge in [-0.1, -0.05) is 48.0 Å². The number of halogens is 1. The highest BCUT2D eigenvalue weighted by Crippen LogP contribution is 2.12. The molecule has 3 nitrogen and oxygen atoms in total. The number of nitrogens with one attached hydrogen (secondary N) is 1. The standard InChI is InChI=1S/C11H16BrNO2S/c1-9(2)11(8-12)13-16(14,15)10-6-4-3-5-7-10/h3-7,9,11,13H,8H2,1-2H3. The topological polar surface area (TPSA) is 46.2 Å². The van der Waals surface area contributed by atoms with Crippen molar-refractivity contribution in [1.29, 1.82) is 0 Å². The van der Waals surface area contributed by atoms with Gasteiger partial charge in [0.05, 0.1) is 4.90 Å². The van der Waals surface area contributed by atoms with Gasteiger partial charge >= 0.3 is 0 Å². The zero-order chi connectivity index (χ0) is 12.2. The van der Waals surface area contributed by atoms with Crippen LogP contribution in [0, 0.1) is 5.92 Å². The quantitative estimate of drug-likeness (QED) is 0.849. The molecule has 0 fully saturated rings. The zero-order valence-electron chi connectivity index (χ0n) is 9.35. The summed E-state index contributed by atoms with van der Waals surface area (Å²) in [6.07, 6.45) is 0. The van der Waals surface area contributed by atoms with Crippen LogP contribution < -0.4 is 4.72 Å². The van der Waals surface area contributed by atoms with Crippen LogP contribution in [-0.2, 0) is 10.0 Å². The van der Waals surface area contributed by atoms with Crippen LogP contribution in [0.15, 0.2) is 35.2 Å². The van der Waals surface area contributed by atoms with Gasteiger partial charge in [0.15, 0.2) is 0 Å². The van der Waals surface area contributed by atoms with Crippen molar-refractivity contribution in [2.75, 3.05) is 5.33 Å². The number of hydrogen-bond donors (Lipinski definition) is 1. The maximum Gasteiger partial charge on any atom is 0.240 e. The van der Waals surface area contributed by atoms with Crippen molar-refractivity contribution in [3.63, 3.8) is 0 Å². The van der Waals surface area contributed by atoms with E-state index in [9.17, 15) is 8.42 Å². The van der Waals surface area contributed by atoms with E-state index in [1.54, 1.807) is 30.3 Å². The van der Waals surface area contributed by atoms with E-state index >= 15 is 0 Å². The maximum atomic E-state index is 12.0. The van der Waals surface area contributed by atoms with Crippen LogP contribution in [0.4, 0.5) is 0 Å². The molecule has 0 bridgehead atoms. The van der Waals surface area contributed by atoms with E-state index < -0.39 is 10.0 Å². The molecule has 1 N–H and O–H groups in total. The molecule has 1 aromatic rings. The Balaban J connectivity index is 2.88. The van der Waals surface area contributed by atoms with Crippen molar-refractivity contribution in [1.82, 2.24) is 4.72 Å². The van der Waals surface area contributed by atoms with Gasteiger partial charge in [0, 0.05) is 11.4 Å². The highest BCUT2D eigenvalue weighted by atomic mass is 79.9. The molecule has 1 aromatic carbocycles. The minimum absolute atomic E-state index is 0.0924. The van der Waals surface area contributed by atoms with Crippen molar-refractivity contribution < 1.29 is 8.42 Å². The summed E-state index contributed by atoms with van der Waals surface area (Å²) in [6.45, 7) is 3.97. The van der Waals surface area contributed by atoms with E-state index in [1.165, 1.54) is 0 Å². The summed E-state index contributed by atoms with van der Waals surface area (Å²) >= 11 is 3.31. The number of benzene rings is 1. The lowest BCUT2D eigenvalue weighted by Gasteiger charge is -2.19. The molecule has 1 atom stereocenters. The van der Waals surface area contributed by atoms with E-state index in [2.05, 4.69) is 20.7 Å². The van der Waals surface area contributed by atoms with E-state index in [4.69, 9.17) is 0 Å². The summed E-state index contributed by atoms with van der Waals surface area (Å²) in [5, 5.41) is 0.608. The van der Waals surface area contributed by atoms with Crippen LogP contribution in [0.25, 0.3) is 0 Å². The molecule has 90 valence electrons. The lowest BCUT2D eigenvalue weighted by Crippen LogP contribution is -2.39. The molecule has 1 rings (SSSR count). The molecule has 16 heavy (non-hydrogen) atoms.